The Bertz CT molecular complexity index is 1200. The van der Waals surface area contributed by atoms with Crippen LogP contribution in [0.3, 0.4) is 0 Å². The first kappa shape index (κ1) is 17.7. The summed E-state index contributed by atoms with van der Waals surface area (Å²) in [5.41, 5.74) is 10.6. The predicted molar refractivity (Wildman–Crippen MR) is 125 cm³/mol. The predicted octanol–water partition coefficient (Wildman–Crippen LogP) is 7.83. The van der Waals surface area contributed by atoms with Gasteiger partial charge in [0.1, 0.15) is 0 Å². The number of benzene rings is 4. The van der Waals surface area contributed by atoms with Crippen molar-refractivity contribution < 1.29 is 0 Å². The zero-order chi connectivity index (χ0) is 19.8. The van der Waals surface area contributed by atoms with Gasteiger partial charge in [-0.05, 0) is 50.6 Å². The van der Waals surface area contributed by atoms with Crippen LogP contribution >= 0.6 is 0 Å². The van der Waals surface area contributed by atoms with Crippen LogP contribution in [0, 0.1) is 0 Å². The Kier molecular flexibility index (Phi) is 4.21. The maximum absolute atomic E-state index is 2.38. The Balaban J connectivity index is 1.55. The van der Waals surface area contributed by atoms with Gasteiger partial charge < -0.3 is 0 Å². The molecule has 0 bridgehead atoms. The summed E-state index contributed by atoms with van der Waals surface area (Å²) in [5.74, 6) is 0. The van der Waals surface area contributed by atoms with E-state index in [-0.39, 0.29) is 5.41 Å². The fraction of sp³-hybridized carbons (Fsp3) is 0.103. The van der Waals surface area contributed by atoms with Gasteiger partial charge in [-0.1, -0.05) is 117 Å². The van der Waals surface area contributed by atoms with Crippen LogP contribution < -0.4 is 0 Å². The maximum atomic E-state index is 2.38. The number of fused-ring (bicyclic) bond motifs is 3. The third-order valence-corrected chi connectivity index (χ3v) is 6.07. The van der Waals surface area contributed by atoms with Crippen molar-refractivity contribution in [1.29, 1.82) is 0 Å². The van der Waals surface area contributed by atoms with Crippen LogP contribution in [-0.4, -0.2) is 0 Å². The third-order valence-electron chi connectivity index (χ3n) is 6.07. The van der Waals surface area contributed by atoms with E-state index in [1.807, 2.05) is 0 Å². The molecule has 0 spiro atoms. The molecule has 0 saturated heterocycles. The average Bonchev–Trinajstić information content (AvgIpc) is 3.00. The first-order valence-corrected chi connectivity index (χ1v) is 10.2. The summed E-state index contributed by atoms with van der Waals surface area (Å²) in [6, 6.07) is 34.9. The summed E-state index contributed by atoms with van der Waals surface area (Å²) in [5, 5.41) is 0. The van der Waals surface area contributed by atoms with Crippen molar-refractivity contribution in [2.24, 2.45) is 0 Å². The highest BCUT2D eigenvalue weighted by molar-refractivity contribution is 5.85. The standard InChI is InChI=1S/C29H24/c1-29(2)27-19-22(14-13-21-9-5-3-6-10-21)15-17-25(27)26-18-16-24(20-28(26)29)23-11-7-4-8-12-23/h3-20H,1-2H3/b14-13+. The van der Waals surface area contributed by atoms with Gasteiger partial charge in [-0.15, -0.1) is 0 Å². The molecule has 0 heterocycles. The Morgan fingerprint density at radius 2 is 1.10 bits per heavy atom. The van der Waals surface area contributed by atoms with Crippen molar-refractivity contribution in [2.45, 2.75) is 19.3 Å². The molecule has 29 heavy (non-hydrogen) atoms. The molecule has 0 radical (unpaired) electrons. The van der Waals surface area contributed by atoms with E-state index in [1.54, 1.807) is 0 Å². The van der Waals surface area contributed by atoms with Crippen molar-refractivity contribution in [2.75, 3.05) is 0 Å². The molecule has 1 aliphatic rings. The minimum atomic E-state index is -0.00788. The molecule has 0 aromatic heterocycles. The molecular weight excluding hydrogens is 348 g/mol. The van der Waals surface area contributed by atoms with Gasteiger partial charge >= 0.3 is 0 Å². The quantitative estimate of drug-likeness (QED) is 0.321. The molecule has 0 unspecified atom stereocenters. The molecule has 0 aliphatic heterocycles. The summed E-state index contributed by atoms with van der Waals surface area (Å²) in [4.78, 5) is 0. The smallest absolute Gasteiger partial charge is 0.0159 e. The fourth-order valence-corrected chi connectivity index (χ4v) is 4.43. The SMILES string of the molecule is CC1(C)c2cc(/C=C/c3ccccc3)ccc2-c2ccc(-c3ccccc3)cc21. The lowest BCUT2D eigenvalue weighted by molar-refractivity contribution is 0.660. The molecule has 4 aromatic rings. The molecule has 140 valence electrons. The maximum Gasteiger partial charge on any atom is 0.0159 e. The zero-order valence-electron chi connectivity index (χ0n) is 16.9. The van der Waals surface area contributed by atoms with E-state index in [0.29, 0.717) is 0 Å². The summed E-state index contributed by atoms with van der Waals surface area (Å²) >= 11 is 0. The molecule has 0 atom stereocenters. The summed E-state index contributed by atoms with van der Waals surface area (Å²) in [6.07, 6.45) is 4.40. The normalized spacial score (nSPS) is 14.0. The average molecular weight is 373 g/mol. The Morgan fingerprint density at radius 1 is 0.517 bits per heavy atom. The third kappa shape index (κ3) is 3.11. The van der Waals surface area contributed by atoms with Crippen LogP contribution in [-0.2, 0) is 5.41 Å². The number of hydrogen-bond donors (Lipinski definition) is 0. The van der Waals surface area contributed by atoms with Gasteiger partial charge in [-0.25, -0.2) is 0 Å². The second-order valence-corrected chi connectivity index (χ2v) is 8.30. The van der Waals surface area contributed by atoms with Gasteiger partial charge in [-0.2, -0.15) is 0 Å². The highest BCUT2D eigenvalue weighted by Gasteiger charge is 2.35. The monoisotopic (exact) mass is 372 g/mol. The van der Waals surface area contributed by atoms with Gasteiger partial charge in [0, 0.05) is 5.41 Å². The van der Waals surface area contributed by atoms with E-state index in [2.05, 4.69) is 123 Å². The number of hydrogen-bond acceptors (Lipinski definition) is 0. The van der Waals surface area contributed by atoms with E-state index >= 15 is 0 Å². The van der Waals surface area contributed by atoms with Crippen LogP contribution in [0.15, 0.2) is 97.1 Å². The minimum absolute atomic E-state index is 0.00788. The van der Waals surface area contributed by atoms with Crippen molar-refractivity contribution >= 4 is 12.2 Å². The minimum Gasteiger partial charge on any atom is -0.0622 e. The van der Waals surface area contributed by atoms with E-state index in [4.69, 9.17) is 0 Å². The molecule has 0 saturated carbocycles. The van der Waals surface area contributed by atoms with E-state index in [0.717, 1.165) is 0 Å². The van der Waals surface area contributed by atoms with Crippen molar-refractivity contribution in [1.82, 2.24) is 0 Å². The highest BCUT2D eigenvalue weighted by Crippen LogP contribution is 2.49. The van der Waals surface area contributed by atoms with Crippen molar-refractivity contribution in [3.63, 3.8) is 0 Å². The van der Waals surface area contributed by atoms with Gasteiger partial charge in [0.2, 0.25) is 0 Å². The molecule has 0 fully saturated rings. The van der Waals surface area contributed by atoms with Gasteiger partial charge in [0.15, 0.2) is 0 Å². The molecular formula is C29H24. The first-order chi connectivity index (χ1) is 14.1. The van der Waals surface area contributed by atoms with Gasteiger partial charge in [0.05, 0.1) is 0 Å². The molecule has 0 N–H and O–H groups in total. The second-order valence-electron chi connectivity index (χ2n) is 8.30. The molecule has 0 amide bonds. The van der Waals surface area contributed by atoms with Crippen molar-refractivity contribution in [3.8, 4) is 22.3 Å². The molecule has 1 aliphatic carbocycles. The number of rotatable bonds is 3. The molecule has 4 aromatic carbocycles. The van der Waals surface area contributed by atoms with Gasteiger partial charge in [-0.3, -0.25) is 0 Å². The van der Waals surface area contributed by atoms with Crippen LogP contribution in [0.25, 0.3) is 34.4 Å². The summed E-state index contributed by atoms with van der Waals surface area (Å²) in [6.45, 7) is 4.69. The Labute approximate surface area is 173 Å². The Morgan fingerprint density at radius 3 is 1.83 bits per heavy atom. The van der Waals surface area contributed by atoms with Crippen LogP contribution in [0.5, 0.6) is 0 Å². The van der Waals surface area contributed by atoms with E-state index < -0.39 is 0 Å². The van der Waals surface area contributed by atoms with Crippen LogP contribution in [0.2, 0.25) is 0 Å². The van der Waals surface area contributed by atoms with E-state index in [1.165, 1.54) is 44.5 Å². The lowest BCUT2D eigenvalue weighted by Gasteiger charge is -2.22. The lowest BCUT2D eigenvalue weighted by Crippen LogP contribution is -2.15. The second kappa shape index (κ2) is 6.90. The first-order valence-electron chi connectivity index (χ1n) is 10.2. The lowest BCUT2D eigenvalue weighted by atomic mass is 9.81. The molecule has 0 heteroatoms. The topological polar surface area (TPSA) is 0 Å². The largest absolute Gasteiger partial charge is 0.0622 e. The van der Waals surface area contributed by atoms with E-state index in [9.17, 15) is 0 Å². The summed E-state index contributed by atoms with van der Waals surface area (Å²) in [7, 11) is 0. The van der Waals surface area contributed by atoms with Crippen LogP contribution in [0.1, 0.15) is 36.1 Å². The van der Waals surface area contributed by atoms with Crippen molar-refractivity contribution in [3.05, 3.63) is 119 Å². The summed E-state index contributed by atoms with van der Waals surface area (Å²) < 4.78 is 0. The van der Waals surface area contributed by atoms with Crippen LogP contribution in [0.4, 0.5) is 0 Å². The fourth-order valence-electron chi connectivity index (χ4n) is 4.43. The Hall–Kier alpha value is -3.38. The molecule has 0 nitrogen and oxygen atoms in total. The molecule has 5 rings (SSSR count). The highest BCUT2D eigenvalue weighted by atomic mass is 14.4. The zero-order valence-corrected chi connectivity index (χ0v) is 16.9. The van der Waals surface area contributed by atoms with Gasteiger partial charge in [0.25, 0.3) is 0 Å².